The number of carbonyl (C=O) groups excluding carboxylic acids is 1. The Kier molecular flexibility index (Phi) is 9.02. The maximum absolute atomic E-state index is 12.1. The Morgan fingerprint density at radius 3 is 2.15 bits per heavy atom. The van der Waals surface area contributed by atoms with Gasteiger partial charge in [0.2, 0.25) is 0 Å². The molecule has 0 saturated carbocycles. The number of hydrogen-bond acceptors (Lipinski definition) is 9. The van der Waals surface area contributed by atoms with Crippen LogP contribution in [0.25, 0.3) is 0 Å². The Morgan fingerprint density at radius 1 is 0.963 bits per heavy atom. The third-order valence-electron chi connectivity index (χ3n) is 4.20. The molecule has 12 heteroatoms. The fourth-order valence-electron chi connectivity index (χ4n) is 2.47. The summed E-state index contributed by atoms with van der Waals surface area (Å²) in [7, 11) is 0. The monoisotopic (exact) mass is 394 g/mol. The van der Waals surface area contributed by atoms with E-state index < -0.39 is 60.6 Å². The van der Waals surface area contributed by atoms with Gasteiger partial charge in [0.25, 0.3) is 5.91 Å². The fourth-order valence-corrected chi connectivity index (χ4v) is 2.47. The lowest BCUT2D eigenvalue weighted by Crippen LogP contribution is -2.62. The van der Waals surface area contributed by atoms with E-state index in [1.165, 1.54) is 6.92 Å². The number of unbranched alkanes of at least 4 members (excludes halogenated alkanes) is 1. The molecule has 0 radical (unpaired) electrons. The zero-order valence-corrected chi connectivity index (χ0v) is 14.7. The van der Waals surface area contributed by atoms with Crippen molar-refractivity contribution in [3.8, 4) is 0 Å². The molecule has 1 heterocycles. The van der Waals surface area contributed by atoms with Crippen LogP contribution in [0.2, 0.25) is 0 Å². The maximum atomic E-state index is 12.1. The SMILES string of the molecule is C[C@@H](NCCCC[C@H](NC(=O)[C@H]1O[C@@H](O)[C@H](O)[C@@H](O)[C@H]1O)C(=O)O)C(=O)O. The third kappa shape index (κ3) is 6.68. The molecule has 8 N–H and O–H groups in total. The lowest BCUT2D eigenvalue weighted by Gasteiger charge is -2.37. The first-order chi connectivity index (χ1) is 12.6. The van der Waals surface area contributed by atoms with Gasteiger partial charge in [-0.2, -0.15) is 0 Å². The van der Waals surface area contributed by atoms with Gasteiger partial charge < -0.3 is 46.0 Å². The Bertz CT molecular complexity index is 531. The van der Waals surface area contributed by atoms with Crippen LogP contribution in [0.15, 0.2) is 0 Å². The van der Waals surface area contributed by atoms with Crippen LogP contribution < -0.4 is 10.6 Å². The van der Waals surface area contributed by atoms with Crippen LogP contribution in [0.3, 0.4) is 0 Å². The molecule has 7 atom stereocenters. The number of aliphatic hydroxyl groups is 4. The van der Waals surface area contributed by atoms with Crippen LogP contribution in [-0.4, -0.2) is 97.8 Å². The minimum atomic E-state index is -1.91. The van der Waals surface area contributed by atoms with E-state index in [4.69, 9.17) is 9.84 Å². The van der Waals surface area contributed by atoms with Crippen LogP contribution in [-0.2, 0) is 19.1 Å². The topological polar surface area (TPSA) is 206 Å². The molecule has 1 amide bonds. The van der Waals surface area contributed by atoms with Gasteiger partial charge in [0, 0.05) is 0 Å². The van der Waals surface area contributed by atoms with Crippen molar-refractivity contribution in [3.05, 3.63) is 0 Å². The predicted molar refractivity (Wildman–Crippen MR) is 87.4 cm³/mol. The van der Waals surface area contributed by atoms with Crippen molar-refractivity contribution in [2.24, 2.45) is 0 Å². The second-order valence-corrected chi connectivity index (χ2v) is 6.33. The number of rotatable bonds is 10. The van der Waals surface area contributed by atoms with Crippen molar-refractivity contribution in [2.45, 2.75) is 69.0 Å². The van der Waals surface area contributed by atoms with E-state index in [1.807, 2.05) is 0 Å². The third-order valence-corrected chi connectivity index (χ3v) is 4.20. The average molecular weight is 394 g/mol. The first-order valence-electron chi connectivity index (χ1n) is 8.43. The van der Waals surface area contributed by atoms with Gasteiger partial charge in [-0.05, 0) is 32.7 Å². The van der Waals surface area contributed by atoms with Gasteiger partial charge in [-0.15, -0.1) is 0 Å². The zero-order chi connectivity index (χ0) is 20.7. The van der Waals surface area contributed by atoms with Gasteiger partial charge in [-0.3, -0.25) is 9.59 Å². The lowest BCUT2D eigenvalue weighted by atomic mass is 9.98. The molecule has 156 valence electrons. The molecule has 0 aromatic heterocycles. The number of hydrogen-bond donors (Lipinski definition) is 8. The highest BCUT2D eigenvalue weighted by molar-refractivity contribution is 5.86. The first kappa shape index (κ1) is 23.2. The quantitative estimate of drug-likeness (QED) is 0.171. The molecule has 1 rings (SSSR count). The Balaban J connectivity index is 2.50. The standard InChI is InChI=1S/C15H26N2O10/c1-6(13(22)23)16-5-3-2-4-7(14(24)25)17-12(21)11-9(19)8(18)10(20)15(26)27-11/h6-11,15-16,18-20,26H,2-5H2,1H3,(H,17,21)(H,22,23)(H,24,25)/t6-,7+,8+,9-,10-,11+,15-/m1/s1. The molecule has 27 heavy (non-hydrogen) atoms. The fraction of sp³-hybridized carbons (Fsp3) is 0.800. The number of amides is 1. The summed E-state index contributed by atoms with van der Waals surface area (Å²) < 4.78 is 4.74. The number of carboxylic acid groups (broad SMARTS) is 2. The summed E-state index contributed by atoms with van der Waals surface area (Å²) in [5, 5.41) is 61.0. The number of carboxylic acids is 2. The number of aliphatic carboxylic acids is 2. The van der Waals surface area contributed by atoms with E-state index in [0.717, 1.165) is 0 Å². The van der Waals surface area contributed by atoms with E-state index >= 15 is 0 Å². The number of ether oxygens (including phenoxy) is 1. The minimum absolute atomic E-state index is 0.0285. The Morgan fingerprint density at radius 2 is 1.59 bits per heavy atom. The normalized spacial score (nSPS) is 30.3. The van der Waals surface area contributed by atoms with Gasteiger partial charge in [0.15, 0.2) is 12.4 Å². The minimum Gasteiger partial charge on any atom is -0.480 e. The summed E-state index contributed by atoms with van der Waals surface area (Å²) >= 11 is 0. The second-order valence-electron chi connectivity index (χ2n) is 6.33. The Hall–Kier alpha value is -1.83. The van der Waals surface area contributed by atoms with Gasteiger partial charge in [-0.1, -0.05) is 0 Å². The molecule has 1 saturated heterocycles. The molecule has 0 aromatic rings. The molecular weight excluding hydrogens is 368 g/mol. The van der Waals surface area contributed by atoms with Gasteiger partial charge in [0.1, 0.15) is 30.4 Å². The van der Waals surface area contributed by atoms with E-state index in [9.17, 15) is 39.9 Å². The molecule has 0 bridgehead atoms. The van der Waals surface area contributed by atoms with Crippen LogP contribution >= 0.6 is 0 Å². The van der Waals surface area contributed by atoms with Crippen molar-refractivity contribution in [1.29, 1.82) is 0 Å². The number of carbonyl (C=O) groups is 3. The smallest absolute Gasteiger partial charge is 0.326 e. The highest BCUT2D eigenvalue weighted by Crippen LogP contribution is 2.20. The molecule has 1 aliphatic heterocycles. The maximum Gasteiger partial charge on any atom is 0.326 e. The van der Waals surface area contributed by atoms with E-state index in [-0.39, 0.29) is 6.42 Å². The van der Waals surface area contributed by atoms with Gasteiger partial charge in [0.05, 0.1) is 0 Å². The number of aliphatic hydroxyl groups excluding tert-OH is 4. The van der Waals surface area contributed by atoms with Gasteiger partial charge in [-0.25, -0.2) is 4.79 Å². The predicted octanol–water partition coefficient (Wildman–Crippen LogP) is -3.41. The summed E-state index contributed by atoms with van der Waals surface area (Å²) in [5.74, 6) is -3.40. The first-order valence-corrected chi connectivity index (χ1v) is 8.43. The van der Waals surface area contributed by atoms with Crippen LogP contribution in [0.1, 0.15) is 26.2 Å². The zero-order valence-electron chi connectivity index (χ0n) is 14.7. The summed E-state index contributed by atoms with van der Waals surface area (Å²) in [6.07, 6.45) is -8.31. The highest BCUT2D eigenvalue weighted by Gasteiger charge is 2.46. The molecule has 0 spiro atoms. The van der Waals surface area contributed by atoms with Crippen LogP contribution in [0.5, 0.6) is 0 Å². The van der Waals surface area contributed by atoms with Crippen LogP contribution in [0, 0.1) is 0 Å². The van der Waals surface area contributed by atoms with Crippen LogP contribution in [0.4, 0.5) is 0 Å². The summed E-state index contributed by atoms with van der Waals surface area (Å²) in [4.78, 5) is 34.1. The summed E-state index contributed by atoms with van der Waals surface area (Å²) in [6.45, 7) is 1.81. The molecular formula is C15H26N2O10. The van der Waals surface area contributed by atoms with E-state index in [1.54, 1.807) is 0 Å². The molecule has 12 nitrogen and oxygen atoms in total. The van der Waals surface area contributed by atoms with E-state index in [0.29, 0.717) is 19.4 Å². The average Bonchev–Trinajstić information content (AvgIpc) is 2.60. The molecule has 0 aromatic carbocycles. The van der Waals surface area contributed by atoms with Crippen molar-refractivity contribution >= 4 is 17.8 Å². The molecule has 0 aliphatic carbocycles. The molecule has 0 unspecified atom stereocenters. The van der Waals surface area contributed by atoms with Crippen molar-refractivity contribution in [1.82, 2.24) is 10.6 Å². The van der Waals surface area contributed by atoms with Crippen molar-refractivity contribution in [3.63, 3.8) is 0 Å². The summed E-state index contributed by atoms with van der Waals surface area (Å²) in [6, 6.07) is -2.05. The highest BCUT2D eigenvalue weighted by atomic mass is 16.6. The number of nitrogens with one attached hydrogen (secondary N) is 2. The molecule has 1 aliphatic rings. The summed E-state index contributed by atoms with van der Waals surface area (Å²) in [5.41, 5.74) is 0. The largest absolute Gasteiger partial charge is 0.480 e. The van der Waals surface area contributed by atoms with E-state index in [2.05, 4.69) is 10.6 Å². The lowest BCUT2D eigenvalue weighted by molar-refractivity contribution is -0.275. The van der Waals surface area contributed by atoms with Crippen molar-refractivity contribution in [2.75, 3.05) is 6.54 Å². The van der Waals surface area contributed by atoms with Gasteiger partial charge >= 0.3 is 11.9 Å². The Labute approximate surface area is 154 Å². The molecule has 1 fully saturated rings. The van der Waals surface area contributed by atoms with Crippen molar-refractivity contribution < 1.29 is 49.8 Å². The second kappa shape index (κ2) is 10.5.